The predicted octanol–water partition coefficient (Wildman–Crippen LogP) is 6.00. The molecule has 0 saturated carbocycles. The first-order valence-corrected chi connectivity index (χ1v) is 9.62. The minimum absolute atomic E-state index is 0.131. The molecule has 0 N–H and O–H groups in total. The minimum atomic E-state index is -0.530. The van der Waals surface area contributed by atoms with Gasteiger partial charge >= 0.3 is 0 Å². The first kappa shape index (κ1) is 20.2. The van der Waals surface area contributed by atoms with E-state index in [2.05, 4.69) is 9.97 Å². The monoisotopic (exact) mass is 430 g/mol. The van der Waals surface area contributed by atoms with Crippen LogP contribution in [0.4, 0.5) is 11.5 Å². The van der Waals surface area contributed by atoms with E-state index in [-0.39, 0.29) is 28.2 Å². The van der Waals surface area contributed by atoms with Crippen molar-refractivity contribution >= 4 is 28.8 Å². The largest absolute Gasteiger partial charge is 0.437 e. The van der Waals surface area contributed by atoms with E-state index in [0.717, 1.165) is 17.3 Å². The number of nitro groups is 1. The van der Waals surface area contributed by atoms with Crippen molar-refractivity contribution in [2.75, 3.05) is 0 Å². The molecule has 0 bridgehead atoms. The van der Waals surface area contributed by atoms with Crippen LogP contribution < -0.4 is 4.74 Å². The zero-order valence-corrected chi connectivity index (χ0v) is 16.8. The van der Waals surface area contributed by atoms with Gasteiger partial charge in [0.25, 0.3) is 5.69 Å². The van der Waals surface area contributed by atoms with Gasteiger partial charge in [0.2, 0.25) is 5.88 Å². The second-order valence-corrected chi connectivity index (χ2v) is 6.73. The van der Waals surface area contributed by atoms with Gasteiger partial charge in [-0.1, -0.05) is 72.3 Å². The molecule has 0 spiro atoms. The highest BCUT2D eigenvalue weighted by Crippen LogP contribution is 2.35. The number of halogens is 1. The normalized spacial score (nSPS) is 10.4. The molecule has 0 aliphatic heterocycles. The zero-order valence-electron chi connectivity index (χ0n) is 16.1. The van der Waals surface area contributed by atoms with Crippen molar-refractivity contribution in [3.8, 4) is 11.6 Å². The molecule has 0 aliphatic rings. The van der Waals surface area contributed by atoms with Gasteiger partial charge in [-0.25, -0.2) is 15.0 Å². The summed E-state index contributed by atoms with van der Waals surface area (Å²) < 4.78 is 5.70. The summed E-state index contributed by atoms with van der Waals surface area (Å²) in [6.07, 6.45) is 2.64. The van der Waals surface area contributed by atoms with Crippen LogP contribution in [0.2, 0.25) is 5.02 Å². The highest BCUT2D eigenvalue weighted by molar-refractivity contribution is 6.34. The van der Waals surface area contributed by atoms with E-state index in [9.17, 15) is 10.1 Å². The van der Waals surface area contributed by atoms with Crippen LogP contribution in [0.25, 0.3) is 0 Å². The standard InChI is InChI=1S/C23H15ClN4O3/c24-21-19(31-20-12-11-18(15-26-20)28(29)30)13-14-25-23(21)27-22(16-7-3-1-4-8-16)17-9-5-2-6-10-17/h1-15H. The van der Waals surface area contributed by atoms with Crippen molar-refractivity contribution in [2.24, 2.45) is 4.99 Å². The summed E-state index contributed by atoms with van der Waals surface area (Å²) in [6.45, 7) is 0. The Kier molecular flexibility index (Phi) is 5.96. The third-order valence-corrected chi connectivity index (χ3v) is 4.65. The second-order valence-electron chi connectivity index (χ2n) is 6.35. The molecule has 0 amide bonds. The van der Waals surface area contributed by atoms with E-state index in [1.165, 1.54) is 18.3 Å². The topological polar surface area (TPSA) is 90.5 Å². The number of aliphatic imine (C=N–C) groups is 1. The van der Waals surface area contributed by atoms with E-state index in [1.54, 1.807) is 6.07 Å². The fourth-order valence-electron chi connectivity index (χ4n) is 2.82. The molecule has 0 radical (unpaired) electrons. The van der Waals surface area contributed by atoms with E-state index < -0.39 is 4.92 Å². The van der Waals surface area contributed by atoms with Crippen molar-refractivity contribution in [3.63, 3.8) is 0 Å². The molecule has 0 unspecified atom stereocenters. The van der Waals surface area contributed by atoms with Crippen LogP contribution in [0.1, 0.15) is 11.1 Å². The average molecular weight is 431 g/mol. The van der Waals surface area contributed by atoms with E-state index >= 15 is 0 Å². The van der Waals surface area contributed by atoms with Gasteiger partial charge in [-0.15, -0.1) is 0 Å². The molecule has 2 heterocycles. The number of nitrogens with zero attached hydrogens (tertiary/aromatic N) is 4. The molecule has 2 aromatic carbocycles. The van der Waals surface area contributed by atoms with Crippen LogP contribution in [0.3, 0.4) is 0 Å². The number of aromatic nitrogens is 2. The minimum Gasteiger partial charge on any atom is -0.437 e. The van der Waals surface area contributed by atoms with Crippen LogP contribution in [0, 0.1) is 10.1 Å². The number of ether oxygens (including phenoxy) is 1. The van der Waals surface area contributed by atoms with E-state index in [1.807, 2.05) is 60.7 Å². The van der Waals surface area contributed by atoms with Gasteiger partial charge in [0.1, 0.15) is 11.2 Å². The Labute approximate surface area is 182 Å². The quantitative estimate of drug-likeness (QED) is 0.212. The van der Waals surface area contributed by atoms with Crippen molar-refractivity contribution in [1.29, 1.82) is 0 Å². The number of hydrogen-bond acceptors (Lipinski definition) is 6. The lowest BCUT2D eigenvalue weighted by atomic mass is 10.0. The average Bonchev–Trinajstić information content (AvgIpc) is 2.81. The van der Waals surface area contributed by atoms with Crippen molar-refractivity contribution in [3.05, 3.63) is 118 Å². The lowest BCUT2D eigenvalue weighted by Gasteiger charge is -2.10. The Morgan fingerprint density at radius 1 is 0.903 bits per heavy atom. The third-order valence-electron chi connectivity index (χ3n) is 4.29. The molecule has 2 aromatic heterocycles. The Balaban J connectivity index is 1.72. The molecule has 0 fully saturated rings. The van der Waals surface area contributed by atoms with Gasteiger partial charge in [0, 0.05) is 35.5 Å². The maximum atomic E-state index is 10.8. The fraction of sp³-hybridized carbons (Fsp3) is 0. The van der Waals surface area contributed by atoms with Gasteiger partial charge in [0.05, 0.1) is 10.6 Å². The van der Waals surface area contributed by atoms with Crippen LogP contribution >= 0.6 is 11.6 Å². The first-order chi connectivity index (χ1) is 15.1. The van der Waals surface area contributed by atoms with Crippen LogP contribution in [0.15, 0.2) is 96.2 Å². The predicted molar refractivity (Wildman–Crippen MR) is 118 cm³/mol. The molecule has 152 valence electrons. The first-order valence-electron chi connectivity index (χ1n) is 9.24. The molecule has 7 nitrogen and oxygen atoms in total. The molecule has 4 rings (SSSR count). The molecular weight excluding hydrogens is 416 g/mol. The molecule has 8 heteroatoms. The molecule has 0 atom stereocenters. The SMILES string of the molecule is O=[N+]([O-])c1ccc(Oc2ccnc(N=C(c3ccccc3)c3ccccc3)c2Cl)nc1. The van der Waals surface area contributed by atoms with Crippen molar-refractivity contribution in [2.45, 2.75) is 0 Å². The molecule has 0 aliphatic carbocycles. The Bertz CT molecular complexity index is 1190. The highest BCUT2D eigenvalue weighted by Gasteiger charge is 2.14. The Morgan fingerprint density at radius 3 is 2.10 bits per heavy atom. The van der Waals surface area contributed by atoms with E-state index in [4.69, 9.17) is 21.3 Å². The number of rotatable bonds is 6. The molecule has 0 saturated heterocycles. The molecule has 4 aromatic rings. The summed E-state index contributed by atoms with van der Waals surface area (Å²) in [5.74, 6) is 0.737. The van der Waals surface area contributed by atoms with Crippen LogP contribution in [-0.4, -0.2) is 20.6 Å². The zero-order chi connectivity index (χ0) is 21.6. The summed E-state index contributed by atoms with van der Waals surface area (Å²) in [7, 11) is 0. The maximum Gasteiger partial charge on any atom is 0.287 e. The lowest BCUT2D eigenvalue weighted by molar-refractivity contribution is -0.385. The van der Waals surface area contributed by atoms with Crippen molar-refractivity contribution in [1.82, 2.24) is 9.97 Å². The van der Waals surface area contributed by atoms with Crippen LogP contribution in [-0.2, 0) is 0 Å². The highest BCUT2D eigenvalue weighted by atomic mass is 35.5. The van der Waals surface area contributed by atoms with Gasteiger partial charge in [-0.05, 0) is 0 Å². The van der Waals surface area contributed by atoms with Crippen molar-refractivity contribution < 1.29 is 9.66 Å². The van der Waals surface area contributed by atoms with Gasteiger partial charge in [-0.2, -0.15) is 0 Å². The summed E-state index contributed by atoms with van der Waals surface area (Å²) in [5.41, 5.74) is 2.40. The Hall–Kier alpha value is -4.10. The summed E-state index contributed by atoms with van der Waals surface area (Å²) >= 11 is 6.53. The Morgan fingerprint density at radius 2 is 1.55 bits per heavy atom. The van der Waals surface area contributed by atoms with Gasteiger partial charge < -0.3 is 4.74 Å². The summed E-state index contributed by atoms with van der Waals surface area (Å²) in [4.78, 5) is 23.2. The van der Waals surface area contributed by atoms with Gasteiger partial charge in [0.15, 0.2) is 11.6 Å². The fourth-order valence-corrected chi connectivity index (χ4v) is 3.01. The molecular formula is C23H15ClN4O3. The lowest BCUT2D eigenvalue weighted by Crippen LogP contribution is -2.03. The smallest absolute Gasteiger partial charge is 0.287 e. The summed E-state index contributed by atoms with van der Waals surface area (Å²) in [6, 6.07) is 23.7. The number of benzene rings is 2. The number of hydrogen-bond donors (Lipinski definition) is 0. The number of pyridine rings is 2. The van der Waals surface area contributed by atoms with E-state index in [0.29, 0.717) is 5.71 Å². The maximum absolute atomic E-state index is 10.8. The second kappa shape index (κ2) is 9.15. The summed E-state index contributed by atoms with van der Waals surface area (Å²) in [5, 5.41) is 11.0. The van der Waals surface area contributed by atoms with Gasteiger partial charge in [-0.3, -0.25) is 10.1 Å². The third kappa shape index (κ3) is 4.73. The molecule has 31 heavy (non-hydrogen) atoms. The van der Waals surface area contributed by atoms with Crippen LogP contribution in [0.5, 0.6) is 11.6 Å².